The fourth-order valence-corrected chi connectivity index (χ4v) is 2.27. The molecule has 1 aromatic heterocycles. The molecule has 0 aromatic carbocycles. The van der Waals surface area contributed by atoms with Gasteiger partial charge in [0.25, 0.3) is 0 Å². The van der Waals surface area contributed by atoms with Crippen LogP contribution in [0.2, 0.25) is 0 Å². The number of ketones is 1. The monoisotopic (exact) mass is 212 g/mol. The van der Waals surface area contributed by atoms with Crippen molar-refractivity contribution in [3.63, 3.8) is 0 Å². The molecule has 1 saturated heterocycles. The van der Waals surface area contributed by atoms with Crippen molar-refractivity contribution in [1.29, 1.82) is 0 Å². The molecule has 1 aliphatic rings. The lowest BCUT2D eigenvalue weighted by atomic mass is 9.93. The van der Waals surface area contributed by atoms with Crippen molar-refractivity contribution in [2.45, 2.75) is 12.0 Å². The van der Waals surface area contributed by atoms with Gasteiger partial charge in [0.05, 0.1) is 13.2 Å². The number of ether oxygens (including phenoxy) is 2. The molecule has 0 radical (unpaired) electrons. The highest BCUT2D eigenvalue weighted by Gasteiger charge is 2.42. The van der Waals surface area contributed by atoms with Crippen LogP contribution in [0.3, 0.4) is 0 Å². The van der Waals surface area contributed by atoms with E-state index in [1.54, 1.807) is 7.11 Å². The van der Waals surface area contributed by atoms with E-state index in [0.29, 0.717) is 19.6 Å². The molecule has 4 heteroatoms. The number of methoxy groups -OCH3 is 1. The average molecular weight is 212 g/mol. The van der Waals surface area contributed by atoms with Crippen LogP contribution in [0.4, 0.5) is 0 Å². The van der Waals surface area contributed by atoms with Gasteiger partial charge in [0.1, 0.15) is 0 Å². The number of carbonyl (C=O) groups is 1. The first-order valence-electron chi connectivity index (χ1n) is 4.48. The summed E-state index contributed by atoms with van der Waals surface area (Å²) in [6.45, 7) is 0.974. The van der Waals surface area contributed by atoms with Crippen molar-refractivity contribution in [1.82, 2.24) is 0 Å². The summed E-state index contributed by atoms with van der Waals surface area (Å²) in [6.07, 6.45) is 0.651. The third-order valence-electron chi connectivity index (χ3n) is 2.57. The summed E-state index contributed by atoms with van der Waals surface area (Å²) in [5.41, 5.74) is -0.0106. The first-order valence-corrected chi connectivity index (χ1v) is 5.43. The van der Waals surface area contributed by atoms with Crippen LogP contribution in [0.1, 0.15) is 16.8 Å². The van der Waals surface area contributed by atoms with Gasteiger partial charge in [-0.3, -0.25) is 4.79 Å². The zero-order chi connectivity index (χ0) is 10.0. The zero-order valence-corrected chi connectivity index (χ0v) is 8.80. The van der Waals surface area contributed by atoms with Crippen molar-refractivity contribution in [2.75, 3.05) is 20.3 Å². The van der Waals surface area contributed by atoms with E-state index in [9.17, 15) is 4.79 Å². The Hall–Kier alpha value is -0.710. The van der Waals surface area contributed by atoms with E-state index in [1.807, 2.05) is 16.8 Å². The van der Waals surface area contributed by atoms with Crippen molar-refractivity contribution in [2.24, 2.45) is 0 Å². The van der Waals surface area contributed by atoms with Crippen LogP contribution in [0, 0.1) is 0 Å². The van der Waals surface area contributed by atoms with Crippen molar-refractivity contribution in [3.05, 3.63) is 22.4 Å². The number of hydrogen-bond acceptors (Lipinski definition) is 4. The second-order valence-corrected chi connectivity index (χ2v) is 4.12. The number of rotatable bonds is 3. The highest BCUT2D eigenvalue weighted by atomic mass is 32.1. The number of Topliss-reactive ketones (excluding diaryl/α,β-unsaturated/α-hetero) is 1. The quantitative estimate of drug-likeness (QED) is 0.716. The van der Waals surface area contributed by atoms with Crippen molar-refractivity contribution >= 4 is 17.1 Å². The van der Waals surface area contributed by atoms with Crippen LogP contribution in [-0.4, -0.2) is 31.7 Å². The van der Waals surface area contributed by atoms with E-state index in [1.165, 1.54) is 11.3 Å². The second kappa shape index (κ2) is 3.81. The van der Waals surface area contributed by atoms with Gasteiger partial charge in [-0.2, -0.15) is 11.3 Å². The van der Waals surface area contributed by atoms with Gasteiger partial charge in [-0.05, 0) is 11.4 Å². The van der Waals surface area contributed by atoms with Gasteiger partial charge in [0, 0.05) is 24.5 Å². The van der Waals surface area contributed by atoms with E-state index in [4.69, 9.17) is 9.47 Å². The Morgan fingerprint density at radius 1 is 1.71 bits per heavy atom. The van der Waals surface area contributed by atoms with Crippen LogP contribution < -0.4 is 0 Å². The maximum Gasteiger partial charge on any atom is 0.197 e. The molecule has 3 nitrogen and oxygen atoms in total. The normalized spacial score (nSPS) is 26.6. The van der Waals surface area contributed by atoms with E-state index in [2.05, 4.69) is 0 Å². The van der Waals surface area contributed by atoms with Gasteiger partial charge in [0.15, 0.2) is 11.4 Å². The molecule has 0 N–H and O–H groups in total. The summed E-state index contributed by atoms with van der Waals surface area (Å²) in [4.78, 5) is 12.1. The minimum absolute atomic E-state index is 0.0405. The molecule has 1 fully saturated rings. The van der Waals surface area contributed by atoms with Crippen LogP contribution in [0.15, 0.2) is 16.8 Å². The van der Waals surface area contributed by atoms with Crippen LogP contribution in [0.5, 0.6) is 0 Å². The molecule has 14 heavy (non-hydrogen) atoms. The molecule has 1 aliphatic heterocycles. The Bertz CT molecular complexity index is 312. The lowest BCUT2D eigenvalue weighted by Crippen LogP contribution is -2.41. The van der Waals surface area contributed by atoms with Crippen molar-refractivity contribution < 1.29 is 14.3 Å². The van der Waals surface area contributed by atoms with Gasteiger partial charge in [0.2, 0.25) is 0 Å². The summed E-state index contributed by atoms with van der Waals surface area (Å²) < 4.78 is 10.5. The minimum atomic E-state index is -0.735. The van der Waals surface area contributed by atoms with Crippen LogP contribution >= 0.6 is 11.3 Å². The number of hydrogen-bond donors (Lipinski definition) is 0. The third-order valence-corrected chi connectivity index (χ3v) is 3.26. The van der Waals surface area contributed by atoms with E-state index in [0.717, 1.165) is 5.56 Å². The summed E-state index contributed by atoms with van der Waals surface area (Å²) in [7, 11) is 1.57. The van der Waals surface area contributed by atoms with Crippen LogP contribution in [0.25, 0.3) is 0 Å². The van der Waals surface area contributed by atoms with Crippen LogP contribution in [-0.2, 0) is 9.47 Å². The second-order valence-electron chi connectivity index (χ2n) is 3.34. The fourth-order valence-electron chi connectivity index (χ4n) is 1.64. The Kier molecular flexibility index (Phi) is 2.67. The largest absolute Gasteiger partial charge is 0.378 e. The first kappa shape index (κ1) is 9.83. The smallest absolute Gasteiger partial charge is 0.197 e. The summed E-state index contributed by atoms with van der Waals surface area (Å²) in [5.74, 6) is 0.0405. The predicted octanol–water partition coefficient (Wildman–Crippen LogP) is 1.74. The van der Waals surface area contributed by atoms with Gasteiger partial charge >= 0.3 is 0 Å². The summed E-state index contributed by atoms with van der Waals surface area (Å²) in [6, 6.07) is 1.83. The standard InChI is InChI=1S/C10H12O3S/c1-12-10(3-4-13-7-10)9(11)8-2-5-14-6-8/h2,5-6H,3-4,7H2,1H3. The first-order chi connectivity index (χ1) is 6.78. The summed E-state index contributed by atoms with van der Waals surface area (Å²) in [5, 5.41) is 3.74. The van der Waals surface area contributed by atoms with Gasteiger partial charge in [-0.25, -0.2) is 0 Å². The molecular weight excluding hydrogens is 200 g/mol. The molecular formula is C10H12O3S. The topological polar surface area (TPSA) is 35.5 Å². The molecule has 0 aliphatic carbocycles. The SMILES string of the molecule is COC1(C(=O)c2ccsc2)CCOC1. The maximum atomic E-state index is 12.1. The Balaban J connectivity index is 2.24. The molecule has 1 unspecified atom stereocenters. The summed E-state index contributed by atoms with van der Waals surface area (Å²) >= 11 is 1.52. The zero-order valence-electron chi connectivity index (χ0n) is 7.99. The fraction of sp³-hybridized carbons (Fsp3) is 0.500. The predicted molar refractivity (Wildman–Crippen MR) is 53.8 cm³/mol. The molecule has 0 bridgehead atoms. The molecule has 2 heterocycles. The van der Waals surface area contributed by atoms with E-state index in [-0.39, 0.29) is 5.78 Å². The highest BCUT2D eigenvalue weighted by Crippen LogP contribution is 2.27. The molecule has 1 atom stereocenters. The van der Waals surface area contributed by atoms with E-state index < -0.39 is 5.60 Å². The Labute approximate surface area is 86.6 Å². The number of thiophene rings is 1. The molecule has 1 aromatic rings. The highest BCUT2D eigenvalue weighted by molar-refractivity contribution is 7.08. The van der Waals surface area contributed by atoms with Crippen molar-refractivity contribution in [3.8, 4) is 0 Å². The molecule has 0 amide bonds. The molecule has 0 spiro atoms. The van der Waals surface area contributed by atoms with Gasteiger partial charge in [-0.1, -0.05) is 0 Å². The number of carbonyl (C=O) groups excluding carboxylic acids is 1. The molecule has 76 valence electrons. The minimum Gasteiger partial charge on any atom is -0.378 e. The molecule has 2 rings (SSSR count). The lowest BCUT2D eigenvalue weighted by Gasteiger charge is -2.23. The van der Waals surface area contributed by atoms with Gasteiger partial charge in [-0.15, -0.1) is 0 Å². The third kappa shape index (κ3) is 1.49. The molecule has 0 saturated carbocycles. The maximum absolute atomic E-state index is 12.1. The van der Waals surface area contributed by atoms with Gasteiger partial charge < -0.3 is 9.47 Å². The Morgan fingerprint density at radius 2 is 2.57 bits per heavy atom. The Morgan fingerprint density at radius 3 is 3.07 bits per heavy atom. The average Bonchev–Trinajstić information content (AvgIpc) is 2.89. The van der Waals surface area contributed by atoms with E-state index >= 15 is 0 Å². The lowest BCUT2D eigenvalue weighted by molar-refractivity contribution is -0.00335.